The van der Waals surface area contributed by atoms with Crippen molar-refractivity contribution in [1.29, 1.82) is 0 Å². The van der Waals surface area contributed by atoms with E-state index < -0.39 is 0 Å². The van der Waals surface area contributed by atoms with Gasteiger partial charge >= 0.3 is 0 Å². The molecule has 0 aliphatic rings. The number of hydrogen-bond donors (Lipinski definition) is 2. The molecule has 98 valence electrons. The molecule has 0 aliphatic carbocycles. The minimum atomic E-state index is 0.539. The Balaban J connectivity index is 2.01. The SMILES string of the molecule is CNc1nc(Sc2nnc(SC)s2)c2[nH]cnc2n1. The van der Waals surface area contributed by atoms with Gasteiger partial charge in [-0.3, -0.25) is 0 Å². The molecule has 3 aromatic rings. The topological polar surface area (TPSA) is 92.3 Å². The first-order valence-electron chi connectivity index (χ1n) is 5.24. The molecular weight excluding hydrogens is 302 g/mol. The molecule has 7 nitrogen and oxygen atoms in total. The number of fused-ring (bicyclic) bond motifs is 1. The van der Waals surface area contributed by atoms with Gasteiger partial charge in [-0.2, -0.15) is 4.98 Å². The van der Waals surface area contributed by atoms with Crippen molar-refractivity contribution in [2.45, 2.75) is 13.7 Å². The van der Waals surface area contributed by atoms with Gasteiger partial charge in [0.05, 0.1) is 6.33 Å². The van der Waals surface area contributed by atoms with Crippen LogP contribution in [-0.4, -0.2) is 43.4 Å². The predicted octanol–water partition coefficient (Wildman–Crippen LogP) is 2.12. The van der Waals surface area contributed by atoms with Crippen LogP contribution in [0, 0.1) is 0 Å². The monoisotopic (exact) mass is 311 g/mol. The van der Waals surface area contributed by atoms with Crippen molar-refractivity contribution >= 4 is 52.0 Å². The van der Waals surface area contributed by atoms with E-state index in [1.165, 1.54) is 11.8 Å². The molecule has 0 saturated heterocycles. The molecule has 0 atom stereocenters. The lowest BCUT2D eigenvalue weighted by atomic mass is 10.5. The number of aromatic amines is 1. The maximum absolute atomic E-state index is 4.42. The molecule has 19 heavy (non-hydrogen) atoms. The van der Waals surface area contributed by atoms with Gasteiger partial charge in [0.2, 0.25) is 5.95 Å². The van der Waals surface area contributed by atoms with Crippen LogP contribution < -0.4 is 5.32 Å². The first kappa shape index (κ1) is 12.6. The second-order valence-corrected chi connectivity index (χ2v) is 6.61. The highest BCUT2D eigenvalue weighted by Crippen LogP contribution is 2.34. The van der Waals surface area contributed by atoms with Crippen LogP contribution in [0.4, 0.5) is 5.95 Å². The van der Waals surface area contributed by atoms with Gasteiger partial charge in [-0.15, -0.1) is 10.2 Å². The minimum absolute atomic E-state index is 0.539. The second-order valence-electron chi connectivity index (χ2n) is 3.34. The number of imidazole rings is 1. The smallest absolute Gasteiger partial charge is 0.225 e. The van der Waals surface area contributed by atoms with Crippen LogP contribution in [0.5, 0.6) is 0 Å². The molecule has 3 rings (SSSR count). The first-order valence-corrected chi connectivity index (χ1v) is 8.10. The molecule has 3 aromatic heterocycles. The van der Waals surface area contributed by atoms with E-state index >= 15 is 0 Å². The summed E-state index contributed by atoms with van der Waals surface area (Å²) >= 11 is 4.58. The number of H-pyrrole nitrogens is 1. The molecular formula is C9H9N7S3. The Kier molecular flexibility index (Phi) is 3.53. The summed E-state index contributed by atoms with van der Waals surface area (Å²) < 4.78 is 1.78. The minimum Gasteiger partial charge on any atom is -0.357 e. The van der Waals surface area contributed by atoms with Crippen molar-refractivity contribution in [3.05, 3.63) is 6.33 Å². The van der Waals surface area contributed by atoms with Crippen LogP contribution >= 0.6 is 34.9 Å². The molecule has 0 radical (unpaired) electrons. The molecule has 0 amide bonds. The van der Waals surface area contributed by atoms with Gasteiger partial charge < -0.3 is 10.3 Å². The number of thioether (sulfide) groups is 1. The lowest BCUT2D eigenvalue weighted by Gasteiger charge is -2.02. The number of rotatable bonds is 4. The number of nitrogens with one attached hydrogen (secondary N) is 2. The van der Waals surface area contributed by atoms with E-state index in [0.29, 0.717) is 11.6 Å². The van der Waals surface area contributed by atoms with E-state index in [1.807, 2.05) is 6.26 Å². The first-order chi connectivity index (χ1) is 9.30. The fourth-order valence-corrected chi connectivity index (χ4v) is 3.83. The normalized spacial score (nSPS) is 11.1. The van der Waals surface area contributed by atoms with E-state index in [2.05, 4.69) is 35.5 Å². The lowest BCUT2D eigenvalue weighted by Crippen LogP contribution is -1.98. The molecule has 0 aliphatic heterocycles. The third-order valence-corrected chi connectivity index (χ3v) is 5.16. The Morgan fingerprint density at radius 1 is 1.26 bits per heavy atom. The van der Waals surface area contributed by atoms with Crippen molar-refractivity contribution in [2.75, 3.05) is 18.6 Å². The zero-order valence-electron chi connectivity index (χ0n) is 10.0. The van der Waals surface area contributed by atoms with Crippen LogP contribution in [0.3, 0.4) is 0 Å². The maximum atomic E-state index is 4.42. The summed E-state index contributed by atoms with van der Waals surface area (Å²) in [7, 11) is 1.78. The van der Waals surface area contributed by atoms with Gasteiger partial charge in [-0.25, -0.2) is 9.97 Å². The van der Waals surface area contributed by atoms with Crippen LogP contribution in [-0.2, 0) is 0 Å². The molecule has 0 saturated carbocycles. The zero-order chi connectivity index (χ0) is 13.2. The van der Waals surface area contributed by atoms with Gasteiger partial charge in [0.25, 0.3) is 0 Å². The van der Waals surface area contributed by atoms with Gasteiger partial charge in [0.15, 0.2) is 14.3 Å². The Labute approximate surface area is 121 Å². The van der Waals surface area contributed by atoms with E-state index in [0.717, 1.165) is 19.2 Å². The van der Waals surface area contributed by atoms with Gasteiger partial charge in [0.1, 0.15) is 10.5 Å². The fourth-order valence-electron chi connectivity index (χ4n) is 1.40. The molecule has 0 fully saturated rings. The van der Waals surface area contributed by atoms with Crippen molar-refractivity contribution in [2.24, 2.45) is 0 Å². The highest BCUT2D eigenvalue weighted by Gasteiger charge is 2.13. The highest BCUT2D eigenvalue weighted by molar-refractivity contribution is 8.03. The average molecular weight is 311 g/mol. The summed E-state index contributed by atoms with van der Waals surface area (Å²) in [5, 5.41) is 11.9. The maximum Gasteiger partial charge on any atom is 0.225 e. The van der Waals surface area contributed by atoms with E-state index in [9.17, 15) is 0 Å². The zero-order valence-corrected chi connectivity index (χ0v) is 12.5. The Morgan fingerprint density at radius 3 is 2.84 bits per heavy atom. The molecule has 2 N–H and O–H groups in total. The second kappa shape index (κ2) is 5.31. The Morgan fingerprint density at radius 2 is 2.11 bits per heavy atom. The molecule has 10 heteroatoms. The molecule has 0 unspecified atom stereocenters. The number of aromatic nitrogens is 6. The summed E-state index contributed by atoms with van der Waals surface area (Å²) in [5.41, 5.74) is 1.45. The van der Waals surface area contributed by atoms with Gasteiger partial charge in [-0.1, -0.05) is 23.1 Å². The fraction of sp³-hybridized carbons (Fsp3) is 0.222. The summed E-state index contributed by atoms with van der Waals surface area (Å²) in [6.45, 7) is 0. The van der Waals surface area contributed by atoms with Gasteiger partial charge in [0, 0.05) is 7.05 Å². The Bertz CT molecular complexity index is 707. The van der Waals surface area contributed by atoms with Crippen LogP contribution in [0.2, 0.25) is 0 Å². The molecule has 0 aromatic carbocycles. The third kappa shape index (κ3) is 2.51. The van der Waals surface area contributed by atoms with Crippen LogP contribution in [0.1, 0.15) is 0 Å². The average Bonchev–Trinajstić information content (AvgIpc) is 3.06. The molecule has 0 bridgehead atoms. The number of anilines is 1. The van der Waals surface area contributed by atoms with E-state index in [-0.39, 0.29) is 0 Å². The summed E-state index contributed by atoms with van der Waals surface area (Å²) in [4.78, 5) is 15.9. The van der Waals surface area contributed by atoms with Crippen LogP contribution in [0.15, 0.2) is 20.0 Å². The van der Waals surface area contributed by atoms with E-state index in [1.54, 1.807) is 36.5 Å². The standard InChI is InChI=1S/C9H9N7S3/c1-10-7-13-5-4(11-3-12-5)6(14-7)18-9-16-15-8(17-2)19-9/h3H,1-2H3,(H2,10,11,12,13,14). The number of hydrogen-bond acceptors (Lipinski definition) is 9. The summed E-state index contributed by atoms with van der Waals surface area (Å²) in [5.74, 6) is 0.539. The number of nitrogens with zero attached hydrogens (tertiary/aromatic N) is 5. The largest absolute Gasteiger partial charge is 0.357 e. The van der Waals surface area contributed by atoms with Gasteiger partial charge in [-0.05, 0) is 18.0 Å². The predicted molar refractivity (Wildman–Crippen MR) is 77.0 cm³/mol. The van der Waals surface area contributed by atoms with Crippen molar-refractivity contribution in [3.8, 4) is 0 Å². The van der Waals surface area contributed by atoms with Crippen molar-refractivity contribution in [1.82, 2.24) is 30.1 Å². The highest BCUT2D eigenvalue weighted by atomic mass is 32.2. The summed E-state index contributed by atoms with van der Waals surface area (Å²) in [6, 6.07) is 0. The van der Waals surface area contributed by atoms with Crippen LogP contribution in [0.25, 0.3) is 11.2 Å². The molecule has 0 spiro atoms. The molecule has 3 heterocycles. The third-order valence-electron chi connectivity index (χ3n) is 2.22. The quantitative estimate of drug-likeness (QED) is 0.559. The van der Waals surface area contributed by atoms with Crippen molar-refractivity contribution < 1.29 is 0 Å². The summed E-state index contributed by atoms with van der Waals surface area (Å²) in [6.07, 6.45) is 3.59. The Hall–Kier alpha value is -1.39. The lowest BCUT2D eigenvalue weighted by molar-refractivity contribution is 0.953. The van der Waals surface area contributed by atoms with Crippen molar-refractivity contribution in [3.63, 3.8) is 0 Å². The van der Waals surface area contributed by atoms with E-state index in [4.69, 9.17) is 0 Å².